The normalized spacial score (nSPS) is 17.6. The average Bonchev–Trinajstić information content (AvgIpc) is 3.34. The quantitative estimate of drug-likeness (QED) is 0.216. The Morgan fingerprint density at radius 3 is 2.08 bits per heavy atom. The number of rotatable bonds is 5. The number of hydrogen-bond acceptors (Lipinski definition) is 2. The zero-order valence-corrected chi connectivity index (χ0v) is 22.1. The van der Waals surface area contributed by atoms with E-state index in [2.05, 4.69) is 66.8 Å². The molecular weight excluding hydrogens is 488 g/mol. The lowest BCUT2D eigenvalue weighted by Crippen LogP contribution is -2.14. The van der Waals surface area contributed by atoms with Gasteiger partial charge in [0.05, 0.1) is 0 Å². The molecule has 0 bridgehead atoms. The van der Waals surface area contributed by atoms with Crippen molar-refractivity contribution in [2.24, 2.45) is 0 Å². The average molecular weight is 517 g/mol. The van der Waals surface area contributed by atoms with E-state index in [1.54, 1.807) is 0 Å². The summed E-state index contributed by atoms with van der Waals surface area (Å²) in [5.74, 6) is 2.83. The van der Waals surface area contributed by atoms with Gasteiger partial charge in [0.1, 0.15) is 23.4 Å². The lowest BCUT2D eigenvalue weighted by atomic mass is 9.85. The Bertz CT molecular complexity index is 1910. The molecule has 0 saturated heterocycles. The number of allylic oxidation sites excluding steroid dienone is 6. The van der Waals surface area contributed by atoms with Gasteiger partial charge >= 0.3 is 0 Å². The first-order valence-corrected chi connectivity index (χ1v) is 14.1. The first kappa shape index (κ1) is 23.1. The highest BCUT2D eigenvalue weighted by atomic mass is 16.5. The van der Waals surface area contributed by atoms with Crippen molar-refractivity contribution in [1.29, 1.82) is 0 Å². The number of hydrogen-bond donors (Lipinski definition) is 0. The lowest BCUT2D eigenvalue weighted by molar-refractivity contribution is 0.252. The van der Waals surface area contributed by atoms with Gasteiger partial charge in [0.15, 0.2) is 0 Å². The Kier molecular flexibility index (Phi) is 5.44. The van der Waals surface area contributed by atoms with Crippen molar-refractivity contribution in [1.82, 2.24) is 0 Å². The van der Waals surface area contributed by atoms with Crippen LogP contribution in [0.4, 0.5) is 0 Å². The van der Waals surface area contributed by atoms with Crippen LogP contribution in [0.15, 0.2) is 133 Å². The molecule has 40 heavy (non-hydrogen) atoms. The highest BCUT2D eigenvalue weighted by Gasteiger charge is 2.30. The second-order valence-corrected chi connectivity index (χ2v) is 10.7. The molecular formula is C38H28O2. The highest BCUT2D eigenvalue weighted by molar-refractivity contribution is 6.26. The molecule has 3 aliphatic rings. The largest absolute Gasteiger partial charge is 0.486 e. The second-order valence-electron chi connectivity index (χ2n) is 10.7. The molecule has 0 fully saturated rings. The summed E-state index contributed by atoms with van der Waals surface area (Å²) in [4.78, 5) is 0. The van der Waals surface area contributed by atoms with E-state index >= 15 is 0 Å². The summed E-state index contributed by atoms with van der Waals surface area (Å²) in [5, 5.41) is 5.33. The summed E-state index contributed by atoms with van der Waals surface area (Å²) in [6.07, 6.45) is 11.8. The molecule has 0 aliphatic heterocycles. The van der Waals surface area contributed by atoms with E-state index in [1.807, 2.05) is 60.7 Å². The van der Waals surface area contributed by atoms with Crippen molar-refractivity contribution in [2.75, 3.05) is 0 Å². The van der Waals surface area contributed by atoms with Crippen molar-refractivity contribution in [2.45, 2.75) is 25.4 Å². The molecule has 0 saturated carbocycles. The molecule has 1 atom stereocenters. The minimum atomic E-state index is 0.0383. The fourth-order valence-electron chi connectivity index (χ4n) is 6.55. The Morgan fingerprint density at radius 2 is 1.32 bits per heavy atom. The van der Waals surface area contributed by atoms with Crippen LogP contribution in [0, 0.1) is 0 Å². The molecule has 0 heterocycles. The minimum Gasteiger partial charge on any atom is -0.486 e. The van der Waals surface area contributed by atoms with Gasteiger partial charge in [0, 0.05) is 12.8 Å². The number of ether oxygens (including phenoxy) is 2. The maximum absolute atomic E-state index is 6.31. The van der Waals surface area contributed by atoms with E-state index in [4.69, 9.17) is 9.47 Å². The third kappa shape index (κ3) is 3.79. The van der Waals surface area contributed by atoms with Crippen LogP contribution in [0.5, 0.6) is 11.5 Å². The first-order chi connectivity index (χ1) is 19.8. The summed E-state index contributed by atoms with van der Waals surface area (Å²) < 4.78 is 12.5. The molecule has 5 aromatic carbocycles. The van der Waals surface area contributed by atoms with E-state index in [0.29, 0.717) is 0 Å². The molecule has 5 aromatic rings. The van der Waals surface area contributed by atoms with Crippen molar-refractivity contribution in [3.05, 3.63) is 150 Å². The van der Waals surface area contributed by atoms with Gasteiger partial charge in [-0.1, -0.05) is 91.0 Å². The van der Waals surface area contributed by atoms with Gasteiger partial charge in [-0.15, -0.1) is 0 Å². The number of benzene rings is 5. The van der Waals surface area contributed by atoms with Crippen LogP contribution in [0.2, 0.25) is 0 Å². The Labute approximate surface area is 234 Å². The molecule has 192 valence electrons. The molecule has 0 radical (unpaired) electrons. The highest BCUT2D eigenvalue weighted by Crippen LogP contribution is 2.52. The molecule has 1 unspecified atom stereocenters. The standard InChI is InChI=1S/C38H28O2/c1-3-10-26(11-4-1)39-28-20-18-25(19-21-28)36-30-14-7-8-15-31(30)37-33-23-22-29(40-27-12-5-2-6-13-27)24-35(33)32-16-9-17-34(36)38(32)37/h1-20,24,28H,21-23H2. The van der Waals surface area contributed by atoms with Crippen molar-refractivity contribution >= 4 is 38.3 Å². The van der Waals surface area contributed by atoms with Crippen molar-refractivity contribution in [3.63, 3.8) is 0 Å². The minimum absolute atomic E-state index is 0.0383. The first-order valence-electron chi connectivity index (χ1n) is 14.1. The van der Waals surface area contributed by atoms with E-state index in [0.717, 1.165) is 36.5 Å². The van der Waals surface area contributed by atoms with Crippen molar-refractivity contribution in [3.8, 4) is 11.5 Å². The number of fused-ring (bicyclic) bond motifs is 4. The summed E-state index contributed by atoms with van der Waals surface area (Å²) in [6.45, 7) is 0. The fourth-order valence-corrected chi connectivity index (χ4v) is 6.55. The van der Waals surface area contributed by atoms with Crippen molar-refractivity contribution < 1.29 is 9.47 Å². The van der Waals surface area contributed by atoms with E-state index in [1.165, 1.54) is 55.0 Å². The monoisotopic (exact) mass is 516 g/mol. The van der Waals surface area contributed by atoms with Crippen LogP contribution in [-0.2, 0) is 0 Å². The molecule has 2 nitrogen and oxygen atoms in total. The Hall–Kier alpha value is -4.82. The van der Waals surface area contributed by atoms with Crippen LogP contribution in [0.3, 0.4) is 0 Å². The van der Waals surface area contributed by atoms with E-state index < -0.39 is 0 Å². The summed E-state index contributed by atoms with van der Waals surface area (Å²) in [7, 11) is 0. The molecule has 2 heteroatoms. The summed E-state index contributed by atoms with van der Waals surface area (Å²) in [5.41, 5.74) is 8.05. The SMILES string of the molecule is C1=CC(Oc2ccccc2)CC=C1c1c2ccccc2c2c3c(cccc13)C1=C2CCC(Oc2ccccc2)=C1. The Balaban J connectivity index is 1.23. The zero-order valence-electron chi connectivity index (χ0n) is 22.1. The molecule has 3 aliphatic carbocycles. The molecule has 0 aromatic heterocycles. The Morgan fingerprint density at radius 1 is 0.625 bits per heavy atom. The number of para-hydroxylation sites is 2. The zero-order chi connectivity index (χ0) is 26.5. The van der Waals surface area contributed by atoms with Crippen LogP contribution in [0.25, 0.3) is 38.3 Å². The van der Waals surface area contributed by atoms with Crippen LogP contribution < -0.4 is 9.47 Å². The second kappa shape index (κ2) is 9.43. The third-order valence-electron chi connectivity index (χ3n) is 8.27. The lowest BCUT2D eigenvalue weighted by Gasteiger charge is -2.21. The van der Waals surface area contributed by atoms with Gasteiger partial charge < -0.3 is 9.47 Å². The molecule has 8 rings (SSSR count). The molecule has 0 amide bonds. The van der Waals surface area contributed by atoms with Gasteiger partial charge in [0.25, 0.3) is 0 Å². The van der Waals surface area contributed by atoms with Gasteiger partial charge in [-0.2, -0.15) is 0 Å². The maximum atomic E-state index is 6.31. The fraction of sp³-hybridized carbons (Fsp3) is 0.105. The predicted octanol–water partition coefficient (Wildman–Crippen LogP) is 9.76. The predicted molar refractivity (Wildman–Crippen MR) is 165 cm³/mol. The summed E-state index contributed by atoms with van der Waals surface area (Å²) in [6, 6.07) is 35.9. The van der Waals surface area contributed by atoms with Crippen LogP contribution >= 0.6 is 0 Å². The van der Waals surface area contributed by atoms with Crippen LogP contribution in [-0.4, -0.2) is 6.10 Å². The molecule has 0 spiro atoms. The topological polar surface area (TPSA) is 18.5 Å². The molecule has 0 N–H and O–H groups in total. The van der Waals surface area contributed by atoms with Gasteiger partial charge in [-0.25, -0.2) is 0 Å². The van der Waals surface area contributed by atoms with Gasteiger partial charge in [-0.05, 0) is 97.8 Å². The van der Waals surface area contributed by atoms with Crippen LogP contribution in [0.1, 0.15) is 36.0 Å². The smallest absolute Gasteiger partial charge is 0.126 e. The third-order valence-corrected chi connectivity index (χ3v) is 8.27. The van der Waals surface area contributed by atoms with Gasteiger partial charge in [0.2, 0.25) is 0 Å². The summed E-state index contributed by atoms with van der Waals surface area (Å²) >= 11 is 0. The van der Waals surface area contributed by atoms with E-state index in [-0.39, 0.29) is 6.10 Å². The van der Waals surface area contributed by atoms with Gasteiger partial charge in [-0.3, -0.25) is 0 Å². The maximum Gasteiger partial charge on any atom is 0.126 e. The van der Waals surface area contributed by atoms with E-state index in [9.17, 15) is 0 Å².